The third-order valence-electron chi connectivity index (χ3n) is 3.43. The van der Waals surface area contributed by atoms with Crippen LogP contribution in [0.2, 0.25) is 0 Å². The van der Waals surface area contributed by atoms with Gasteiger partial charge < -0.3 is 29.3 Å². The van der Waals surface area contributed by atoms with Gasteiger partial charge in [0, 0.05) is 18.2 Å². The van der Waals surface area contributed by atoms with Crippen molar-refractivity contribution in [3.8, 4) is 17.2 Å². The average Bonchev–Trinajstić information content (AvgIpc) is 3.13. The highest BCUT2D eigenvalue weighted by molar-refractivity contribution is 5.77. The first-order valence-corrected chi connectivity index (χ1v) is 7.46. The largest absolute Gasteiger partial charge is 0.496 e. The summed E-state index contributed by atoms with van der Waals surface area (Å²) in [5, 5.41) is 5.85. The number of ether oxygens (including phenoxy) is 3. The van der Waals surface area contributed by atoms with Gasteiger partial charge in [-0.25, -0.2) is 0 Å². The summed E-state index contributed by atoms with van der Waals surface area (Å²) in [7, 11) is 4.73. The summed E-state index contributed by atoms with van der Waals surface area (Å²) < 4.78 is 21.0. The lowest BCUT2D eigenvalue weighted by Crippen LogP contribution is -2.33. The van der Waals surface area contributed by atoms with Gasteiger partial charge in [0.1, 0.15) is 11.5 Å². The van der Waals surface area contributed by atoms with Crippen molar-refractivity contribution in [1.82, 2.24) is 10.6 Å². The molecule has 1 aromatic carbocycles. The first-order chi connectivity index (χ1) is 11.7. The number of amides is 1. The van der Waals surface area contributed by atoms with Crippen LogP contribution in [0.4, 0.5) is 0 Å². The molecule has 0 bridgehead atoms. The van der Waals surface area contributed by atoms with E-state index >= 15 is 0 Å². The lowest BCUT2D eigenvalue weighted by molar-refractivity contribution is -0.120. The fourth-order valence-corrected chi connectivity index (χ4v) is 2.20. The Hall–Kier alpha value is -2.67. The summed E-state index contributed by atoms with van der Waals surface area (Å²) in [5.41, 5.74) is 0.869. The van der Waals surface area contributed by atoms with E-state index in [1.807, 2.05) is 12.1 Å². The number of methoxy groups -OCH3 is 3. The Balaban J connectivity index is 1.87. The number of hydrogen-bond acceptors (Lipinski definition) is 6. The minimum Gasteiger partial charge on any atom is -0.496 e. The monoisotopic (exact) mass is 334 g/mol. The van der Waals surface area contributed by atoms with Crippen LogP contribution in [0.25, 0.3) is 0 Å². The van der Waals surface area contributed by atoms with Crippen molar-refractivity contribution in [2.45, 2.75) is 13.1 Å². The quantitative estimate of drug-likeness (QED) is 0.726. The molecule has 7 heteroatoms. The van der Waals surface area contributed by atoms with Gasteiger partial charge in [-0.3, -0.25) is 4.79 Å². The second-order valence-electron chi connectivity index (χ2n) is 4.98. The fraction of sp³-hybridized carbons (Fsp3) is 0.353. The average molecular weight is 334 g/mol. The molecule has 0 unspecified atom stereocenters. The summed E-state index contributed by atoms with van der Waals surface area (Å²) >= 11 is 0. The van der Waals surface area contributed by atoms with Gasteiger partial charge in [0.2, 0.25) is 5.91 Å². The smallest absolute Gasteiger partial charge is 0.234 e. The maximum atomic E-state index is 11.8. The third-order valence-corrected chi connectivity index (χ3v) is 3.43. The van der Waals surface area contributed by atoms with Crippen LogP contribution in [0.15, 0.2) is 34.9 Å². The molecule has 0 atom stereocenters. The number of carbonyl (C=O) groups is 1. The molecule has 0 saturated heterocycles. The highest BCUT2D eigenvalue weighted by Gasteiger charge is 2.12. The summed E-state index contributed by atoms with van der Waals surface area (Å²) in [4.78, 5) is 11.8. The molecule has 0 spiro atoms. The molecule has 1 heterocycles. The van der Waals surface area contributed by atoms with Crippen molar-refractivity contribution < 1.29 is 23.4 Å². The van der Waals surface area contributed by atoms with Crippen molar-refractivity contribution in [2.24, 2.45) is 0 Å². The molecule has 1 aromatic heterocycles. The van der Waals surface area contributed by atoms with Gasteiger partial charge in [-0.05, 0) is 18.2 Å². The van der Waals surface area contributed by atoms with Crippen molar-refractivity contribution in [1.29, 1.82) is 0 Å². The van der Waals surface area contributed by atoms with Crippen molar-refractivity contribution in [3.05, 3.63) is 41.9 Å². The van der Waals surface area contributed by atoms with Crippen molar-refractivity contribution in [3.63, 3.8) is 0 Å². The maximum Gasteiger partial charge on any atom is 0.234 e. The van der Waals surface area contributed by atoms with Crippen LogP contribution in [0.1, 0.15) is 11.3 Å². The van der Waals surface area contributed by atoms with E-state index in [1.54, 1.807) is 39.7 Å². The van der Waals surface area contributed by atoms with E-state index in [1.165, 1.54) is 0 Å². The molecular formula is C17H22N2O5. The molecule has 0 aliphatic carbocycles. The molecule has 0 aliphatic heterocycles. The van der Waals surface area contributed by atoms with Crippen LogP contribution in [0.5, 0.6) is 17.2 Å². The molecule has 0 radical (unpaired) electrons. The Morgan fingerprint density at radius 1 is 1.04 bits per heavy atom. The molecule has 1 amide bonds. The molecule has 130 valence electrons. The molecule has 0 fully saturated rings. The SMILES string of the molecule is COc1cc(OC)c(OC)cc1CNCC(=O)NCc1ccco1. The Morgan fingerprint density at radius 3 is 2.38 bits per heavy atom. The Morgan fingerprint density at radius 2 is 1.75 bits per heavy atom. The number of furan rings is 1. The highest BCUT2D eigenvalue weighted by Crippen LogP contribution is 2.34. The number of rotatable bonds is 9. The summed E-state index contributed by atoms with van der Waals surface area (Å²) in [6, 6.07) is 7.17. The molecular weight excluding hydrogens is 312 g/mol. The van der Waals surface area contributed by atoms with Gasteiger partial charge in [0.15, 0.2) is 11.5 Å². The van der Waals surface area contributed by atoms with E-state index in [0.717, 1.165) is 5.56 Å². The second kappa shape index (κ2) is 8.83. The number of benzene rings is 1. The Labute approximate surface area is 140 Å². The Bertz CT molecular complexity index is 655. The Kier molecular flexibility index (Phi) is 6.51. The third kappa shape index (κ3) is 4.66. The van der Waals surface area contributed by atoms with E-state index in [2.05, 4.69) is 10.6 Å². The zero-order valence-corrected chi connectivity index (χ0v) is 14.0. The van der Waals surface area contributed by atoms with Gasteiger partial charge >= 0.3 is 0 Å². The lowest BCUT2D eigenvalue weighted by Gasteiger charge is -2.14. The van der Waals surface area contributed by atoms with Gasteiger partial charge in [-0.2, -0.15) is 0 Å². The molecule has 2 N–H and O–H groups in total. The van der Waals surface area contributed by atoms with Gasteiger partial charge in [0.25, 0.3) is 0 Å². The van der Waals surface area contributed by atoms with Gasteiger partial charge in [-0.15, -0.1) is 0 Å². The molecule has 2 aromatic rings. The first kappa shape index (κ1) is 17.7. The predicted octanol–water partition coefficient (Wildman–Crippen LogP) is 1.71. The molecule has 7 nitrogen and oxygen atoms in total. The fourth-order valence-electron chi connectivity index (χ4n) is 2.20. The van der Waals surface area contributed by atoms with Crippen LogP contribution in [-0.4, -0.2) is 33.8 Å². The predicted molar refractivity (Wildman–Crippen MR) is 88.4 cm³/mol. The first-order valence-electron chi connectivity index (χ1n) is 7.46. The lowest BCUT2D eigenvalue weighted by atomic mass is 10.1. The van der Waals surface area contributed by atoms with Crippen molar-refractivity contribution in [2.75, 3.05) is 27.9 Å². The van der Waals surface area contributed by atoms with E-state index < -0.39 is 0 Å². The summed E-state index contributed by atoms with van der Waals surface area (Å²) in [5.74, 6) is 2.46. The normalized spacial score (nSPS) is 10.3. The summed E-state index contributed by atoms with van der Waals surface area (Å²) in [6.45, 7) is 1.00. The van der Waals surface area contributed by atoms with E-state index in [-0.39, 0.29) is 12.5 Å². The zero-order valence-electron chi connectivity index (χ0n) is 14.0. The maximum absolute atomic E-state index is 11.8. The number of nitrogens with one attached hydrogen (secondary N) is 2. The van der Waals surface area contributed by atoms with Crippen molar-refractivity contribution >= 4 is 5.91 Å². The minimum atomic E-state index is -0.120. The van der Waals surface area contributed by atoms with E-state index in [9.17, 15) is 4.79 Å². The van der Waals surface area contributed by atoms with Gasteiger partial charge in [0.05, 0.1) is 40.7 Å². The number of hydrogen-bond donors (Lipinski definition) is 2. The highest BCUT2D eigenvalue weighted by atomic mass is 16.5. The van der Waals surface area contributed by atoms with Crippen LogP contribution >= 0.6 is 0 Å². The van der Waals surface area contributed by atoms with Crippen LogP contribution in [0.3, 0.4) is 0 Å². The van der Waals surface area contributed by atoms with Gasteiger partial charge in [-0.1, -0.05) is 0 Å². The minimum absolute atomic E-state index is 0.120. The number of carbonyl (C=O) groups excluding carboxylic acids is 1. The molecule has 0 saturated carbocycles. The van der Waals surface area contributed by atoms with E-state index in [0.29, 0.717) is 36.1 Å². The van der Waals surface area contributed by atoms with Crippen LogP contribution < -0.4 is 24.8 Å². The standard InChI is InChI=1S/C17H22N2O5/c1-21-14-8-16(23-3)15(22-2)7-12(14)9-18-11-17(20)19-10-13-5-4-6-24-13/h4-8,18H,9-11H2,1-3H3,(H,19,20). The van der Waals surface area contributed by atoms with E-state index in [4.69, 9.17) is 18.6 Å². The van der Waals surface area contributed by atoms with Crippen LogP contribution in [-0.2, 0) is 17.9 Å². The topological polar surface area (TPSA) is 82.0 Å². The zero-order chi connectivity index (χ0) is 17.4. The summed E-state index contributed by atoms with van der Waals surface area (Å²) in [6.07, 6.45) is 1.57. The molecule has 0 aliphatic rings. The second-order valence-corrected chi connectivity index (χ2v) is 4.98. The molecule has 24 heavy (non-hydrogen) atoms. The van der Waals surface area contributed by atoms with Crippen LogP contribution in [0, 0.1) is 0 Å². The molecule has 2 rings (SSSR count).